The highest BCUT2D eigenvalue weighted by atomic mass is 32.1. The minimum atomic E-state index is -4.32. The zero-order chi connectivity index (χ0) is 16.4. The van der Waals surface area contributed by atoms with Crippen molar-refractivity contribution in [2.75, 3.05) is 13.1 Å². The molecule has 3 rings (SSSR count). The first-order chi connectivity index (χ1) is 10.9. The Kier molecular flexibility index (Phi) is 4.33. The third-order valence-electron chi connectivity index (χ3n) is 3.58. The molecule has 0 aromatic carbocycles. The smallest absolute Gasteiger partial charge is 0.342 e. The Labute approximate surface area is 133 Å². The normalized spacial score (nSPS) is 18.6. The van der Waals surface area contributed by atoms with Crippen LogP contribution in [0.25, 0.3) is 10.8 Å². The molecule has 1 atom stereocenters. The van der Waals surface area contributed by atoms with Crippen LogP contribution in [0.15, 0.2) is 16.1 Å². The summed E-state index contributed by atoms with van der Waals surface area (Å²) >= 11 is 1.38. The number of rotatable bonds is 4. The van der Waals surface area contributed by atoms with E-state index in [0.29, 0.717) is 36.2 Å². The molecule has 0 unspecified atom stereocenters. The topological polar surface area (TPSA) is 72.1 Å². The van der Waals surface area contributed by atoms with Gasteiger partial charge in [0.25, 0.3) is 0 Å². The molecule has 1 aliphatic heterocycles. The van der Waals surface area contributed by atoms with Crippen LogP contribution in [0.3, 0.4) is 0 Å². The molecule has 0 bridgehead atoms. The van der Waals surface area contributed by atoms with Gasteiger partial charge < -0.3 is 9.42 Å². The highest BCUT2D eigenvalue weighted by Crippen LogP contribution is 2.29. The molecule has 2 aromatic rings. The summed E-state index contributed by atoms with van der Waals surface area (Å²) in [4.78, 5) is 21.6. The van der Waals surface area contributed by atoms with Crippen molar-refractivity contribution >= 4 is 17.2 Å². The maximum absolute atomic E-state index is 12.2. The Morgan fingerprint density at radius 1 is 1.48 bits per heavy atom. The van der Waals surface area contributed by atoms with E-state index in [9.17, 15) is 18.0 Å². The zero-order valence-electron chi connectivity index (χ0n) is 11.9. The number of amides is 1. The van der Waals surface area contributed by atoms with Crippen LogP contribution in [-0.2, 0) is 4.79 Å². The van der Waals surface area contributed by atoms with Crippen LogP contribution in [0.1, 0.15) is 31.1 Å². The lowest BCUT2D eigenvalue weighted by Crippen LogP contribution is -2.29. The molecule has 0 N–H and O–H groups in total. The standard InChI is InChI=1S/C13H13F3N4O2S/c14-13(15,16)3-1-9(21)20-5-2-8(7-20)11-18-10(19-22-11)12-17-4-6-23-12/h4,6,8H,1-3,5,7H2/t8-/m1/s1. The first kappa shape index (κ1) is 15.9. The number of likely N-dealkylation sites (tertiary alicyclic amines) is 1. The lowest BCUT2D eigenvalue weighted by Gasteiger charge is -2.16. The molecular weight excluding hydrogens is 333 g/mol. The van der Waals surface area contributed by atoms with Crippen LogP contribution in [0.2, 0.25) is 0 Å². The lowest BCUT2D eigenvalue weighted by atomic mass is 10.1. The summed E-state index contributed by atoms with van der Waals surface area (Å²) in [5.41, 5.74) is 0. The average molecular weight is 346 g/mol. The van der Waals surface area contributed by atoms with Gasteiger partial charge >= 0.3 is 6.18 Å². The highest BCUT2D eigenvalue weighted by molar-refractivity contribution is 7.12. The molecule has 1 amide bonds. The third kappa shape index (κ3) is 3.87. The predicted octanol–water partition coefficient (Wildman–Crippen LogP) is 2.85. The maximum atomic E-state index is 12.2. The van der Waals surface area contributed by atoms with Gasteiger partial charge in [-0.1, -0.05) is 5.16 Å². The van der Waals surface area contributed by atoms with Gasteiger partial charge in [0.1, 0.15) is 0 Å². The van der Waals surface area contributed by atoms with Crippen molar-refractivity contribution in [3.05, 3.63) is 17.5 Å². The molecule has 1 fully saturated rings. The lowest BCUT2D eigenvalue weighted by molar-refractivity contribution is -0.148. The summed E-state index contributed by atoms with van der Waals surface area (Å²) in [6, 6.07) is 0. The molecular formula is C13H13F3N4O2S. The van der Waals surface area contributed by atoms with Crippen LogP contribution in [0.5, 0.6) is 0 Å². The summed E-state index contributed by atoms with van der Waals surface area (Å²) in [5.74, 6) is 0.133. The maximum Gasteiger partial charge on any atom is 0.389 e. The van der Waals surface area contributed by atoms with Crippen molar-refractivity contribution in [1.82, 2.24) is 20.0 Å². The van der Waals surface area contributed by atoms with Gasteiger partial charge in [0.05, 0.1) is 12.3 Å². The van der Waals surface area contributed by atoms with Gasteiger partial charge in [-0.3, -0.25) is 4.79 Å². The Hall–Kier alpha value is -1.97. The number of carbonyl (C=O) groups excluding carboxylic acids is 1. The van der Waals surface area contributed by atoms with E-state index < -0.39 is 24.9 Å². The van der Waals surface area contributed by atoms with Gasteiger partial charge in [0.15, 0.2) is 5.01 Å². The van der Waals surface area contributed by atoms with Gasteiger partial charge in [-0.2, -0.15) is 18.2 Å². The molecule has 0 spiro atoms. The minimum Gasteiger partial charge on any atom is -0.342 e. The molecule has 3 heterocycles. The highest BCUT2D eigenvalue weighted by Gasteiger charge is 2.34. The van der Waals surface area contributed by atoms with Crippen LogP contribution in [0, 0.1) is 0 Å². The fourth-order valence-electron chi connectivity index (χ4n) is 2.42. The minimum absolute atomic E-state index is 0.147. The second-order valence-electron chi connectivity index (χ2n) is 5.23. The largest absolute Gasteiger partial charge is 0.389 e. The van der Waals surface area contributed by atoms with Crippen molar-refractivity contribution in [2.45, 2.75) is 31.4 Å². The van der Waals surface area contributed by atoms with Crippen molar-refractivity contribution in [1.29, 1.82) is 0 Å². The van der Waals surface area contributed by atoms with Gasteiger partial charge in [-0.05, 0) is 6.42 Å². The number of nitrogens with zero attached hydrogens (tertiary/aromatic N) is 4. The molecule has 1 aliphatic rings. The second kappa shape index (κ2) is 6.26. The fourth-order valence-corrected chi connectivity index (χ4v) is 2.98. The molecule has 10 heteroatoms. The van der Waals surface area contributed by atoms with Crippen molar-refractivity contribution < 1.29 is 22.5 Å². The van der Waals surface area contributed by atoms with E-state index in [-0.39, 0.29) is 5.92 Å². The third-order valence-corrected chi connectivity index (χ3v) is 4.35. The van der Waals surface area contributed by atoms with Crippen LogP contribution in [0.4, 0.5) is 13.2 Å². The molecule has 0 radical (unpaired) electrons. The summed E-state index contributed by atoms with van der Waals surface area (Å²) < 4.78 is 41.7. The molecule has 1 saturated heterocycles. The SMILES string of the molecule is O=C(CCC(F)(F)F)N1CC[C@@H](c2nc(-c3nccs3)no2)C1. The van der Waals surface area contributed by atoms with Crippen molar-refractivity contribution in [3.63, 3.8) is 0 Å². The number of carbonyl (C=O) groups is 1. The van der Waals surface area contributed by atoms with Crippen molar-refractivity contribution in [2.24, 2.45) is 0 Å². The van der Waals surface area contributed by atoms with Gasteiger partial charge in [0, 0.05) is 31.1 Å². The predicted molar refractivity (Wildman–Crippen MR) is 74.6 cm³/mol. The molecule has 23 heavy (non-hydrogen) atoms. The van der Waals surface area contributed by atoms with E-state index in [2.05, 4.69) is 15.1 Å². The number of thiazole rings is 1. The summed E-state index contributed by atoms with van der Waals surface area (Å²) in [6.07, 6.45) is -3.71. The van der Waals surface area contributed by atoms with E-state index >= 15 is 0 Å². The quantitative estimate of drug-likeness (QED) is 0.851. The molecule has 6 nitrogen and oxygen atoms in total. The van der Waals surface area contributed by atoms with Crippen LogP contribution < -0.4 is 0 Å². The summed E-state index contributed by atoms with van der Waals surface area (Å²) in [5, 5.41) is 6.28. The molecule has 124 valence electrons. The van der Waals surface area contributed by atoms with Gasteiger partial charge in [0.2, 0.25) is 17.6 Å². The second-order valence-corrected chi connectivity index (χ2v) is 6.13. The van der Waals surface area contributed by atoms with Gasteiger partial charge in [-0.15, -0.1) is 11.3 Å². The number of hydrogen-bond acceptors (Lipinski definition) is 6. The Morgan fingerprint density at radius 2 is 2.30 bits per heavy atom. The number of alkyl halides is 3. The molecule has 0 saturated carbocycles. The van der Waals surface area contributed by atoms with E-state index in [4.69, 9.17) is 4.52 Å². The monoisotopic (exact) mass is 346 g/mol. The number of hydrogen-bond donors (Lipinski definition) is 0. The molecule has 2 aromatic heterocycles. The number of halogens is 3. The average Bonchev–Trinajstić information content (AvgIpc) is 3.22. The molecule has 0 aliphatic carbocycles. The van der Waals surface area contributed by atoms with E-state index in [1.807, 2.05) is 0 Å². The van der Waals surface area contributed by atoms with Crippen LogP contribution in [-0.4, -0.2) is 45.2 Å². The fraction of sp³-hybridized carbons (Fsp3) is 0.538. The number of aromatic nitrogens is 3. The Morgan fingerprint density at radius 3 is 3.00 bits per heavy atom. The Bertz CT molecular complexity index is 671. The van der Waals surface area contributed by atoms with E-state index in [1.165, 1.54) is 16.2 Å². The Balaban J connectivity index is 1.58. The van der Waals surface area contributed by atoms with Crippen molar-refractivity contribution in [3.8, 4) is 10.8 Å². The first-order valence-electron chi connectivity index (χ1n) is 7.00. The van der Waals surface area contributed by atoms with Crippen LogP contribution >= 0.6 is 11.3 Å². The summed E-state index contributed by atoms with van der Waals surface area (Å²) in [6.45, 7) is 0.701. The zero-order valence-corrected chi connectivity index (χ0v) is 12.7. The van der Waals surface area contributed by atoms with Gasteiger partial charge in [-0.25, -0.2) is 4.98 Å². The summed E-state index contributed by atoms with van der Waals surface area (Å²) in [7, 11) is 0. The van der Waals surface area contributed by atoms with E-state index in [1.54, 1.807) is 11.6 Å². The van der Waals surface area contributed by atoms with E-state index in [0.717, 1.165) is 0 Å². The first-order valence-corrected chi connectivity index (χ1v) is 7.88.